The van der Waals surface area contributed by atoms with E-state index >= 15 is 0 Å². The van der Waals surface area contributed by atoms with Gasteiger partial charge in [0.2, 0.25) is 0 Å². The second-order valence-corrected chi connectivity index (χ2v) is 15.8. The Kier molecular flexibility index (Phi) is 9.87. The number of hydrogen-bond donors (Lipinski definition) is 2. The maximum absolute atomic E-state index is 13.0. The van der Waals surface area contributed by atoms with Crippen LogP contribution in [0.5, 0.6) is 0 Å². The van der Waals surface area contributed by atoms with Crippen molar-refractivity contribution in [2.45, 2.75) is 154 Å². The van der Waals surface area contributed by atoms with E-state index in [9.17, 15) is 15.2 Å². The largest absolute Gasteiger partial charge is 0.446 e. The third-order valence-corrected chi connectivity index (χ3v) is 8.88. The number of benzene rings is 1. The number of hydrogen-bond acceptors (Lipinski definition) is 7. The molecule has 2 fully saturated rings. The number of piperidine rings is 2. The fourth-order valence-corrected chi connectivity index (χ4v) is 6.74. The summed E-state index contributed by atoms with van der Waals surface area (Å²) in [5.41, 5.74) is -1.53. The van der Waals surface area contributed by atoms with Gasteiger partial charge in [-0.3, -0.25) is 5.32 Å². The van der Waals surface area contributed by atoms with Gasteiger partial charge in [0.15, 0.2) is 0 Å². The number of carbonyl (C=O) groups is 1. The predicted octanol–water partition coefficient (Wildman–Crippen LogP) is 6.11. The van der Waals surface area contributed by atoms with E-state index in [2.05, 4.69) is 30.5 Å². The molecule has 2 N–H and O–H groups in total. The number of hydroxylamine groups is 4. The van der Waals surface area contributed by atoms with Gasteiger partial charge >= 0.3 is 6.09 Å². The van der Waals surface area contributed by atoms with E-state index in [1.807, 2.05) is 87.4 Å². The maximum atomic E-state index is 13.0. The third kappa shape index (κ3) is 8.02. The molecule has 0 bridgehead atoms. The molecule has 10 nitrogen and oxygen atoms in total. The van der Waals surface area contributed by atoms with Crippen molar-refractivity contribution in [3.8, 4) is 0 Å². The van der Waals surface area contributed by atoms with E-state index in [0.717, 1.165) is 16.2 Å². The van der Waals surface area contributed by atoms with E-state index in [4.69, 9.17) is 14.5 Å². The second-order valence-electron chi connectivity index (χ2n) is 15.8. The molecule has 2 aliphatic heterocycles. The topological polar surface area (TPSA) is 115 Å². The SMILES string of the molecule is CC(C)(NCOOC1CC(C)(C)N([O])C(C)(C)C1)c1cccc(C(C)(C)NC(=O)OC2CC(C)(C)N([O])C(C)(C)C2)c1. The highest BCUT2D eigenvalue weighted by molar-refractivity contribution is 5.69. The van der Waals surface area contributed by atoms with Crippen LogP contribution in [0.25, 0.3) is 0 Å². The van der Waals surface area contributed by atoms with Gasteiger partial charge in [-0.1, -0.05) is 24.3 Å². The van der Waals surface area contributed by atoms with Crippen molar-refractivity contribution in [3.05, 3.63) is 35.4 Å². The zero-order valence-electron chi connectivity index (χ0n) is 27.8. The van der Waals surface area contributed by atoms with Gasteiger partial charge < -0.3 is 10.1 Å². The molecule has 0 saturated carbocycles. The van der Waals surface area contributed by atoms with Crippen molar-refractivity contribution in [1.29, 1.82) is 0 Å². The summed E-state index contributed by atoms with van der Waals surface area (Å²) in [5, 5.41) is 34.0. The Morgan fingerprint density at radius 3 is 1.69 bits per heavy atom. The van der Waals surface area contributed by atoms with Crippen molar-refractivity contribution in [2.75, 3.05) is 6.73 Å². The highest BCUT2D eigenvalue weighted by Crippen LogP contribution is 2.39. The molecule has 1 aromatic carbocycles. The first-order chi connectivity index (χ1) is 19.0. The summed E-state index contributed by atoms with van der Waals surface area (Å²) in [6, 6.07) is 8.04. The molecule has 1 aromatic rings. The van der Waals surface area contributed by atoms with Crippen LogP contribution in [0.1, 0.15) is 120 Å². The Bertz CT molecular complexity index is 1060. The van der Waals surface area contributed by atoms with E-state index in [1.165, 1.54) is 5.06 Å². The Labute approximate surface area is 252 Å². The lowest BCUT2D eigenvalue weighted by molar-refractivity contribution is -0.370. The normalized spacial score (nSPS) is 23.5. The first-order valence-corrected chi connectivity index (χ1v) is 15.1. The standard InChI is InChI=1S/C32H54N4O6/c1-27(2)17-24(18-28(3,4)35(27)38)41-26(37)34-32(11,12)23-15-13-14-22(16-23)31(9,10)33-21-40-42-25-19-29(5,6)36(39)30(7,8)20-25/h13-16,24-25,33H,17-21H2,1-12H3,(H,34,37). The molecule has 42 heavy (non-hydrogen) atoms. The highest BCUT2D eigenvalue weighted by Gasteiger charge is 2.48. The van der Waals surface area contributed by atoms with Gasteiger partial charge in [-0.25, -0.2) is 14.6 Å². The minimum atomic E-state index is -0.705. The Balaban J connectivity index is 1.57. The van der Waals surface area contributed by atoms with Crippen LogP contribution in [0.2, 0.25) is 0 Å². The van der Waals surface area contributed by atoms with Gasteiger partial charge in [-0.15, -0.1) is 20.5 Å². The summed E-state index contributed by atoms with van der Waals surface area (Å²) < 4.78 is 5.83. The van der Waals surface area contributed by atoms with Crippen LogP contribution in [0, 0.1) is 0 Å². The number of amides is 1. The van der Waals surface area contributed by atoms with Gasteiger partial charge in [-0.2, -0.15) is 0 Å². The quantitative estimate of drug-likeness (QED) is 0.154. The summed E-state index contributed by atoms with van der Waals surface area (Å²) in [6.07, 6.45) is 1.10. The highest BCUT2D eigenvalue weighted by atomic mass is 17.2. The molecule has 0 aromatic heterocycles. The number of alkyl carbamates (subject to hydrolysis) is 1. The zero-order chi connectivity index (χ0) is 31.9. The van der Waals surface area contributed by atoms with Crippen LogP contribution in [-0.2, 0) is 36.0 Å². The lowest BCUT2D eigenvalue weighted by Gasteiger charge is -2.49. The Morgan fingerprint density at radius 1 is 0.786 bits per heavy atom. The van der Waals surface area contributed by atoms with Crippen LogP contribution < -0.4 is 10.6 Å². The minimum Gasteiger partial charge on any atom is -0.446 e. The summed E-state index contributed by atoms with van der Waals surface area (Å²) in [5.74, 6) is 0. The van der Waals surface area contributed by atoms with Crippen molar-refractivity contribution >= 4 is 6.09 Å². The molecule has 0 unspecified atom stereocenters. The van der Waals surface area contributed by atoms with E-state index in [-0.39, 0.29) is 18.9 Å². The first kappa shape index (κ1) is 34.7. The van der Waals surface area contributed by atoms with E-state index in [1.54, 1.807) is 0 Å². The first-order valence-electron chi connectivity index (χ1n) is 15.1. The molecule has 2 aliphatic rings. The van der Waals surface area contributed by atoms with Gasteiger partial charge in [0.25, 0.3) is 0 Å². The van der Waals surface area contributed by atoms with E-state index < -0.39 is 39.3 Å². The molecule has 3 rings (SSSR count). The van der Waals surface area contributed by atoms with Gasteiger partial charge in [-0.05, 0) is 107 Å². The van der Waals surface area contributed by atoms with Crippen LogP contribution >= 0.6 is 0 Å². The van der Waals surface area contributed by atoms with Crippen LogP contribution in [0.15, 0.2) is 24.3 Å². The predicted molar refractivity (Wildman–Crippen MR) is 160 cm³/mol. The third-order valence-electron chi connectivity index (χ3n) is 8.88. The maximum Gasteiger partial charge on any atom is 0.408 e. The van der Waals surface area contributed by atoms with Crippen molar-refractivity contribution in [2.24, 2.45) is 0 Å². The van der Waals surface area contributed by atoms with Crippen LogP contribution in [0.4, 0.5) is 4.79 Å². The molecule has 10 heteroatoms. The lowest BCUT2D eigenvalue weighted by atomic mass is 9.80. The summed E-state index contributed by atoms with van der Waals surface area (Å²) in [7, 11) is 0. The molecule has 1 amide bonds. The van der Waals surface area contributed by atoms with Crippen LogP contribution in [-0.4, -0.2) is 57.3 Å². The van der Waals surface area contributed by atoms with Gasteiger partial charge in [0.05, 0.1) is 11.6 Å². The summed E-state index contributed by atoms with van der Waals surface area (Å²) in [6.45, 7) is 23.4. The van der Waals surface area contributed by atoms with Crippen molar-refractivity contribution in [1.82, 2.24) is 20.8 Å². The molecular weight excluding hydrogens is 536 g/mol. The second kappa shape index (κ2) is 12.0. The summed E-state index contributed by atoms with van der Waals surface area (Å²) >= 11 is 0. The van der Waals surface area contributed by atoms with Crippen molar-refractivity contribution < 1.29 is 29.7 Å². The monoisotopic (exact) mass is 590 g/mol. The minimum absolute atomic E-state index is 0.165. The molecule has 2 radical (unpaired) electrons. The Hall–Kier alpha value is -1.79. The van der Waals surface area contributed by atoms with Gasteiger partial charge in [0, 0.05) is 40.5 Å². The molecule has 238 valence electrons. The number of nitrogens with zero attached hydrogens (tertiary/aromatic N) is 2. The number of rotatable bonds is 9. The van der Waals surface area contributed by atoms with E-state index in [0.29, 0.717) is 25.7 Å². The fourth-order valence-electron chi connectivity index (χ4n) is 6.74. The molecule has 2 heterocycles. The number of nitrogens with one attached hydrogen (secondary N) is 2. The molecule has 0 atom stereocenters. The average molecular weight is 591 g/mol. The smallest absolute Gasteiger partial charge is 0.408 e. The fraction of sp³-hybridized carbons (Fsp3) is 0.781. The number of ether oxygens (including phenoxy) is 1. The summed E-state index contributed by atoms with van der Waals surface area (Å²) in [4.78, 5) is 24.3. The zero-order valence-corrected chi connectivity index (χ0v) is 27.8. The van der Waals surface area contributed by atoms with Crippen molar-refractivity contribution in [3.63, 3.8) is 0 Å². The lowest BCUT2D eigenvalue weighted by Crippen LogP contribution is -2.60. The van der Waals surface area contributed by atoms with Gasteiger partial charge in [0.1, 0.15) is 12.8 Å². The molecule has 0 spiro atoms. The molecular formula is C32H54N4O6. The van der Waals surface area contributed by atoms with Crippen LogP contribution in [0.3, 0.4) is 0 Å². The molecule has 2 saturated heterocycles. The Morgan fingerprint density at radius 2 is 1.21 bits per heavy atom. The number of carbonyl (C=O) groups excluding carboxylic acids is 1. The average Bonchev–Trinajstić information content (AvgIpc) is 2.82. The molecule has 0 aliphatic carbocycles.